The molecule has 0 aliphatic carbocycles. The number of hydrogen-bond donors (Lipinski definition) is 2. The van der Waals surface area contributed by atoms with E-state index in [0.717, 1.165) is 17.8 Å². The van der Waals surface area contributed by atoms with Crippen LogP contribution in [0, 0.1) is 20.8 Å². The van der Waals surface area contributed by atoms with Crippen LogP contribution in [0.4, 0.5) is 5.69 Å². The largest absolute Gasteiger partial charge is 0.388 e. The fourth-order valence-corrected chi connectivity index (χ4v) is 2.23. The lowest BCUT2D eigenvalue weighted by Crippen LogP contribution is -2.08. The summed E-state index contributed by atoms with van der Waals surface area (Å²) in [5, 5.41) is 13.6. The van der Waals surface area contributed by atoms with Gasteiger partial charge in [0.25, 0.3) is 0 Å². The summed E-state index contributed by atoms with van der Waals surface area (Å²) in [7, 11) is 0. The number of hydrogen-bond acceptors (Lipinski definition) is 2. The molecule has 2 N–H and O–H groups in total. The van der Waals surface area contributed by atoms with Crippen LogP contribution in [-0.4, -0.2) is 11.7 Å². The van der Waals surface area contributed by atoms with Crippen LogP contribution >= 0.6 is 0 Å². The summed E-state index contributed by atoms with van der Waals surface area (Å²) in [5.74, 6) is 0. The maximum atomic E-state index is 10.2. The van der Waals surface area contributed by atoms with Crippen LogP contribution in [0.5, 0.6) is 0 Å². The quantitative estimate of drug-likeness (QED) is 0.854. The second kappa shape index (κ2) is 6.58. The highest BCUT2D eigenvalue weighted by Gasteiger charge is 2.07. The molecular weight excluding hydrogens is 246 g/mol. The highest BCUT2D eigenvalue weighted by atomic mass is 16.3. The lowest BCUT2D eigenvalue weighted by atomic mass is 10.0. The maximum absolute atomic E-state index is 10.2. The van der Waals surface area contributed by atoms with E-state index in [9.17, 15) is 5.11 Å². The van der Waals surface area contributed by atoms with Crippen LogP contribution in [0.1, 0.15) is 34.8 Å². The van der Waals surface area contributed by atoms with Crippen LogP contribution in [-0.2, 0) is 0 Å². The Morgan fingerprint density at radius 3 is 2.30 bits per heavy atom. The highest BCUT2D eigenvalue weighted by molar-refractivity contribution is 5.52. The molecule has 0 heterocycles. The molecule has 106 valence electrons. The van der Waals surface area contributed by atoms with Crippen molar-refractivity contribution in [3.63, 3.8) is 0 Å². The minimum Gasteiger partial charge on any atom is -0.388 e. The average molecular weight is 269 g/mol. The molecule has 2 nitrogen and oxygen atoms in total. The fourth-order valence-electron chi connectivity index (χ4n) is 2.23. The SMILES string of the molecule is Cc1ccc(C(O)CCNc2cc(C)ccc2C)cc1. The number of nitrogens with one attached hydrogen (secondary N) is 1. The fraction of sp³-hybridized carbons (Fsp3) is 0.333. The Hall–Kier alpha value is -1.80. The summed E-state index contributed by atoms with van der Waals surface area (Å²) in [6, 6.07) is 14.5. The summed E-state index contributed by atoms with van der Waals surface area (Å²) in [6.45, 7) is 7.00. The van der Waals surface area contributed by atoms with Gasteiger partial charge in [-0.25, -0.2) is 0 Å². The topological polar surface area (TPSA) is 32.3 Å². The highest BCUT2D eigenvalue weighted by Crippen LogP contribution is 2.19. The Labute approximate surface area is 121 Å². The molecule has 20 heavy (non-hydrogen) atoms. The van der Waals surface area contributed by atoms with Gasteiger partial charge >= 0.3 is 0 Å². The third-order valence-corrected chi connectivity index (χ3v) is 3.59. The number of anilines is 1. The van der Waals surface area contributed by atoms with Crippen molar-refractivity contribution in [1.29, 1.82) is 0 Å². The third kappa shape index (κ3) is 3.84. The molecule has 0 aliphatic rings. The van der Waals surface area contributed by atoms with E-state index in [1.807, 2.05) is 24.3 Å². The first-order chi connectivity index (χ1) is 9.56. The van der Waals surface area contributed by atoms with Crippen LogP contribution in [0.3, 0.4) is 0 Å². The van der Waals surface area contributed by atoms with Crippen molar-refractivity contribution in [3.8, 4) is 0 Å². The van der Waals surface area contributed by atoms with Gasteiger partial charge in [0.05, 0.1) is 6.10 Å². The van der Waals surface area contributed by atoms with Gasteiger partial charge in [0.15, 0.2) is 0 Å². The van der Waals surface area contributed by atoms with Gasteiger partial charge in [-0.15, -0.1) is 0 Å². The average Bonchev–Trinajstić information content (AvgIpc) is 2.43. The molecule has 2 rings (SSSR count). The van der Waals surface area contributed by atoms with Crippen molar-refractivity contribution < 1.29 is 5.11 Å². The van der Waals surface area contributed by atoms with E-state index in [-0.39, 0.29) is 0 Å². The number of benzene rings is 2. The van der Waals surface area contributed by atoms with Gasteiger partial charge in [0, 0.05) is 12.2 Å². The smallest absolute Gasteiger partial charge is 0.0806 e. The van der Waals surface area contributed by atoms with Crippen molar-refractivity contribution in [2.75, 3.05) is 11.9 Å². The third-order valence-electron chi connectivity index (χ3n) is 3.59. The molecule has 0 spiro atoms. The van der Waals surface area contributed by atoms with Gasteiger partial charge in [0.2, 0.25) is 0 Å². The molecule has 0 fully saturated rings. The zero-order valence-corrected chi connectivity index (χ0v) is 12.5. The first-order valence-electron chi connectivity index (χ1n) is 7.12. The molecule has 0 saturated carbocycles. The number of aryl methyl sites for hydroxylation is 3. The van der Waals surface area contributed by atoms with Gasteiger partial charge in [-0.1, -0.05) is 42.0 Å². The molecule has 2 heteroatoms. The second-order valence-corrected chi connectivity index (χ2v) is 5.46. The summed E-state index contributed by atoms with van der Waals surface area (Å²) in [6.07, 6.45) is 0.296. The van der Waals surface area contributed by atoms with Crippen LogP contribution in [0.15, 0.2) is 42.5 Å². The lowest BCUT2D eigenvalue weighted by molar-refractivity contribution is 0.171. The molecular formula is C18H23NO. The predicted molar refractivity (Wildman–Crippen MR) is 85.2 cm³/mol. The van der Waals surface area contributed by atoms with E-state index < -0.39 is 6.10 Å². The van der Waals surface area contributed by atoms with E-state index in [1.54, 1.807) is 0 Å². The van der Waals surface area contributed by atoms with Crippen LogP contribution < -0.4 is 5.32 Å². The Kier molecular flexibility index (Phi) is 4.80. The molecule has 0 aromatic heterocycles. The van der Waals surface area contributed by atoms with Crippen molar-refractivity contribution in [1.82, 2.24) is 0 Å². The Morgan fingerprint density at radius 1 is 0.950 bits per heavy atom. The van der Waals surface area contributed by atoms with Gasteiger partial charge in [-0.2, -0.15) is 0 Å². The van der Waals surface area contributed by atoms with Crippen molar-refractivity contribution in [2.45, 2.75) is 33.3 Å². The molecule has 2 aromatic rings. The molecule has 0 amide bonds. The molecule has 0 bridgehead atoms. The standard InChI is InChI=1S/C18H23NO/c1-13-5-8-16(9-6-13)18(20)10-11-19-17-12-14(2)4-7-15(17)3/h4-9,12,18-20H,10-11H2,1-3H3. The van der Waals surface area contributed by atoms with Gasteiger partial charge in [-0.3, -0.25) is 0 Å². The molecule has 1 unspecified atom stereocenters. The van der Waals surface area contributed by atoms with Crippen molar-refractivity contribution >= 4 is 5.69 Å². The number of aliphatic hydroxyl groups excluding tert-OH is 1. The zero-order chi connectivity index (χ0) is 14.5. The minimum absolute atomic E-state index is 0.409. The van der Waals surface area contributed by atoms with Gasteiger partial charge in [-0.05, 0) is 49.9 Å². The Bertz CT molecular complexity index is 560. The predicted octanol–water partition coefficient (Wildman–Crippen LogP) is 4.15. The maximum Gasteiger partial charge on any atom is 0.0806 e. The van der Waals surface area contributed by atoms with Crippen LogP contribution in [0.2, 0.25) is 0 Å². The summed E-state index contributed by atoms with van der Waals surface area (Å²) in [4.78, 5) is 0. The Balaban J connectivity index is 1.89. The van der Waals surface area contributed by atoms with E-state index in [2.05, 4.69) is 44.3 Å². The summed E-state index contributed by atoms with van der Waals surface area (Å²) in [5.41, 5.74) is 5.84. The summed E-state index contributed by atoms with van der Waals surface area (Å²) >= 11 is 0. The van der Waals surface area contributed by atoms with Gasteiger partial charge in [0.1, 0.15) is 0 Å². The number of rotatable bonds is 5. The molecule has 1 atom stereocenters. The number of aliphatic hydroxyl groups is 1. The molecule has 2 aromatic carbocycles. The monoisotopic (exact) mass is 269 g/mol. The van der Waals surface area contributed by atoms with E-state index in [1.165, 1.54) is 16.7 Å². The lowest BCUT2D eigenvalue weighted by Gasteiger charge is -2.14. The van der Waals surface area contributed by atoms with Crippen molar-refractivity contribution in [2.24, 2.45) is 0 Å². The second-order valence-electron chi connectivity index (χ2n) is 5.46. The minimum atomic E-state index is -0.409. The Morgan fingerprint density at radius 2 is 1.60 bits per heavy atom. The molecule has 0 saturated heterocycles. The van der Waals surface area contributed by atoms with Crippen molar-refractivity contribution in [3.05, 3.63) is 64.7 Å². The van der Waals surface area contributed by atoms with E-state index in [0.29, 0.717) is 6.42 Å². The molecule has 0 aliphatic heterocycles. The normalized spacial score (nSPS) is 12.2. The molecule has 0 radical (unpaired) electrons. The summed E-state index contributed by atoms with van der Waals surface area (Å²) < 4.78 is 0. The van der Waals surface area contributed by atoms with E-state index >= 15 is 0 Å². The first-order valence-corrected chi connectivity index (χ1v) is 7.12. The first kappa shape index (κ1) is 14.6. The van der Waals surface area contributed by atoms with E-state index in [4.69, 9.17) is 0 Å². The zero-order valence-electron chi connectivity index (χ0n) is 12.5. The van der Waals surface area contributed by atoms with Gasteiger partial charge < -0.3 is 10.4 Å². The van der Waals surface area contributed by atoms with Crippen LogP contribution in [0.25, 0.3) is 0 Å².